The number of methoxy groups -OCH3 is 1. The van der Waals surface area contributed by atoms with Gasteiger partial charge in [-0.15, -0.1) is 0 Å². The summed E-state index contributed by atoms with van der Waals surface area (Å²) in [6.45, 7) is 1.74. The molecule has 0 aromatic rings. The van der Waals surface area contributed by atoms with Gasteiger partial charge in [-0.2, -0.15) is 0 Å². The van der Waals surface area contributed by atoms with Crippen LogP contribution in [0.4, 0.5) is 4.79 Å². The monoisotopic (exact) mass is 259 g/mol. The van der Waals surface area contributed by atoms with Crippen LogP contribution in [0.15, 0.2) is 0 Å². The minimum absolute atomic E-state index is 0.0345. The average molecular weight is 259 g/mol. The molecule has 0 aromatic carbocycles. The third-order valence-electron chi connectivity index (χ3n) is 2.90. The summed E-state index contributed by atoms with van der Waals surface area (Å²) >= 11 is 0. The van der Waals surface area contributed by atoms with Crippen molar-refractivity contribution in [2.75, 3.05) is 40.0 Å². The van der Waals surface area contributed by atoms with E-state index in [1.807, 2.05) is 4.90 Å². The maximum atomic E-state index is 11.6. The molecule has 1 fully saturated rings. The van der Waals surface area contributed by atoms with Gasteiger partial charge in [-0.1, -0.05) is 0 Å². The summed E-state index contributed by atoms with van der Waals surface area (Å²) in [4.78, 5) is 24.8. The van der Waals surface area contributed by atoms with Gasteiger partial charge in [0.05, 0.1) is 19.8 Å². The SMILES string of the molecule is COCCNC(=O)NC(=O)CN1CCC[C@@H]1CO. The summed E-state index contributed by atoms with van der Waals surface area (Å²) in [6.07, 6.45) is 1.86. The molecule has 7 nitrogen and oxygen atoms in total. The normalized spacial score (nSPS) is 19.8. The van der Waals surface area contributed by atoms with Crippen molar-refractivity contribution in [2.45, 2.75) is 18.9 Å². The molecule has 1 saturated heterocycles. The Kier molecular flexibility index (Phi) is 6.63. The molecule has 18 heavy (non-hydrogen) atoms. The first kappa shape index (κ1) is 14.9. The van der Waals surface area contributed by atoms with Crippen LogP contribution in [0, 0.1) is 0 Å². The fourth-order valence-corrected chi connectivity index (χ4v) is 1.97. The fourth-order valence-electron chi connectivity index (χ4n) is 1.97. The molecular formula is C11H21N3O4. The van der Waals surface area contributed by atoms with Gasteiger partial charge in [0.2, 0.25) is 5.91 Å². The molecule has 3 N–H and O–H groups in total. The Labute approximate surface area is 106 Å². The van der Waals surface area contributed by atoms with E-state index in [1.54, 1.807) is 0 Å². The second kappa shape index (κ2) is 8.02. The Morgan fingerprint density at radius 3 is 2.94 bits per heavy atom. The molecule has 1 aliphatic rings. The smallest absolute Gasteiger partial charge is 0.321 e. The maximum Gasteiger partial charge on any atom is 0.321 e. The van der Waals surface area contributed by atoms with Crippen LogP contribution in [-0.4, -0.2) is 67.9 Å². The Bertz CT molecular complexity index is 285. The van der Waals surface area contributed by atoms with E-state index >= 15 is 0 Å². The Hall–Kier alpha value is -1.18. The van der Waals surface area contributed by atoms with Crippen LogP contribution in [0.25, 0.3) is 0 Å². The number of hydrogen-bond acceptors (Lipinski definition) is 5. The van der Waals surface area contributed by atoms with Crippen molar-refractivity contribution < 1.29 is 19.4 Å². The lowest BCUT2D eigenvalue weighted by Gasteiger charge is -2.21. The summed E-state index contributed by atoms with van der Waals surface area (Å²) < 4.78 is 4.77. The zero-order valence-electron chi connectivity index (χ0n) is 10.6. The number of carbonyl (C=O) groups is 2. The summed E-state index contributed by atoms with van der Waals surface area (Å²) in [7, 11) is 1.53. The number of aliphatic hydroxyl groups is 1. The lowest BCUT2D eigenvalue weighted by Crippen LogP contribution is -2.46. The van der Waals surface area contributed by atoms with Gasteiger partial charge in [0.15, 0.2) is 0 Å². The number of urea groups is 1. The average Bonchev–Trinajstić information content (AvgIpc) is 2.76. The first-order chi connectivity index (χ1) is 8.67. The van der Waals surface area contributed by atoms with Crippen molar-refractivity contribution in [3.8, 4) is 0 Å². The van der Waals surface area contributed by atoms with Gasteiger partial charge in [0.25, 0.3) is 0 Å². The predicted molar refractivity (Wildman–Crippen MR) is 65.1 cm³/mol. The third kappa shape index (κ3) is 4.99. The van der Waals surface area contributed by atoms with Gasteiger partial charge in [0, 0.05) is 19.7 Å². The number of rotatable bonds is 6. The number of hydrogen-bond donors (Lipinski definition) is 3. The molecule has 1 heterocycles. The van der Waals surface area contributed by atoms with Crippen molar-refractivity contribution in [1.82, 2.24) is 15.5 Å². The largest absolute Gasteiger partial charge is 0.395 e. The van der Waals surface area contributed by atoms with E-state index in [1.165, 1.54) is 7.11 Å². The van der Waals surface area contributed by atoms with Crippen LogP contribution in [0.3, 0.4) is 0 Å². The minimum Gasteiger partial charge on any atom is -0.395 e. The van der Waals surface area contributed by atoms with E-state index in [9.17, 15) is 9.59 Å². The van der Waals surface area contributed by atoms with Gasteiger partial charge >= 0.3 is 6.03 Å². The quantitative estimate of drug-likeness (QED) is 0.528. The molecule has 1 atom stereocenters. The first-order valence-electron chi connectivity index (χ1n) is 6.09. The molecule has 1 aliphatic heterocycles. The van der Waals surface area contributed by atoms with Crippen molar-refractivity contribution in [3.05, 3.63) is 0 Å². The Morgan fingerprint density at radius 2 is 2.28 bits per heavy atom. The summed E-state index contributed by atoms with van der Waals surface area (Å²) in [5, 5.41) is 13.9. The second-order valence-electron chi connectivity index (χ2n) is 4.25. The molecule has 0 saturated carbocycles. The first-order valence-corrected chi connectivity index (χ1v) is 6.09. The van der Waals surface area contributed by atoms with E-state index in [2.05, 4.69) is 10.6 Å². The van der Waals surface area contributed by atoms with E-state index < -0.39 is 6.03 Å². The molecule has 0 radical (unpaired) electrons. The lowest BCUT2D eigenvalue weighted by atomic mass is 10.2. The van der Waals surface area contributed by atoms with Crippen LogP contribution < -0.4 is 10.6 Å². The number of nitrogens with one attached hydrogen (secondary N) is 2. The maximum absolute atomic E-state index is 11.6. The van der Waals surface area contributed by atoms with Crippen LogP contribution in [0.2, 0.25) is 0 Å². The molecule has 104 valence electrons. The molecule has 7 heteroatoms. The van der Waals surface area contributed by atoms with E-state index in [-0.39, 0.29) is 25.1 Å². The molecule has 0 aromatic heterocycles. The second-order valence-corrected chi connectivity index (χ2v) is 4.25. The lowest BCUT2D eigenvalue weighted by molar-refractivity contribution is -0.121. The van der Waals surface area contributed by atoms with Crippen molar-refractivity contribution in [1.29, 1.82) is 0 Å². The molecule has 0 aliphatic carbocycles. The third-order valence-corrected chi connectivity index (χ3v) is 2.90. The molecule has 1 rings (SSSR count). The Balaban J connectivity index is 2.22. The molecule has 0 bridgehead atoms. The number of likely N-dealkylation sites (tertiary alicyclic amines) is 1. The van der Waals surface area contributed by atoms with Crippen LogP contribution in [0.1, 0.15) is 12.8 Å². The van der Waals surface area contributed by atoms with E-state index in [0.717, 1.165) is 19.4 Å². The van der Waals surface area contributed by atoms with Crippen molar-refractivity contribution >= 4 is 11.9 Å². The zero-order valence-corrected chi connectivity index (χ0v) is 10.6. The minimum atomic E-state index is -0.517. The van der Waals surface area contributed by atoms with Crippen molar-refractivity contribution in [3.63, 3.8) is 0 Å². The zero-order chi connectivity index (χ0) is 13.4. The number of ether oxygens (including phenoxy) is 1. The van der Waals surface area contributed by atoms with E-state index in [4.69, 9.17) is 9.84 Å². The number of nitrogens with zero attached hydrogens (tertiary/aromatic N) is 1. The molecular weight excluding hydrogens is 238 g/mol. The number of amides is 3. The molecule has 3 amide bonds. The Morgan fingerprint density at radius 1 is 1.50 bits per heavy atom. The molecule has 0 spiro atoms. The summed E-state index contributed by atoms with van der Waals surface area (Å²) in [5.41, 5.74) is 0. The van der Waals surface area contributed by atoms with Crippen LogP contribution in [0.5, 0.6) is 0 Å². The van der Waals surface area contributed by atoms with Crippen LogP contribution in [-0.2, 0) is 9.53 Å². The van der Waals surface area contributed by atoms with Gasteiger partial charge in [0.1, 0.15) is 0 Å². The highest BCUT2D eigenvalue weighted by Gasteiger charge is 2.25. The number of aliphatic hydroxyl groups excluding tert-OH is 1. The fraction of sp³-hybridized carbons (Fsp3) is 0.818. The van der Waals surface area contributed by atoms with Gasteiger partial charge in [-0.05, 0) is 19.4 Å². The highest BCUT2D eigenvalue weighted by molar-refractivity contribution is 5.95. The van der Waals surface area contributed by atoms with Crippen molar-refractivity contribution in [2.24, 2.45) is 0 Å². The summed E-state index contributed by atoms with van der Waals surface area (Å²) in [6, 6.07) is -0.482. The van der Waals surface area contributed by atoms with Gasteiger partial charge in [-0.3, -0.25) is 15.0 Å². The topological polar surface area (TPSA) is 90.9 Å². The number of imide groups is 1. The summed E-state index contributed by atoms with van der Waals surface area (Å²) in [5.74, 6) is -0.356. The van der Waals surface area contributed by atoms with Gasteiger partial charge < -0.3 is 15.2 Å². The molecule has 0 unspecified atom stereocenters. The standard InChI is InChI=1S/C11H21N3O4/c1-18-6-4-12-11(17)13-10(16)7-14-5-2-3-9(14)8-15/h9,15H,2-8H2,1H3,(H2,12,13,16,17)/t9-/m1/s1. The van der Waals surface area contributed by atoms with E-state index in [0.29, 0.717) is 13.2 Å². The highest BCUT2D eigenvalue weighted by Crippen LogP contribution is 2.15. The highest BCUT2D eigenvalue weighted by atomic mass is 16.5. The van der Waals surface area contributed by atoms with Crippen LogP contribution >= 0.6 is 0 Å². The van der Waals surface area contributed by atoms with Gasteiger partial charge in [-0.25, -0.2) is 4.79 Å². The number of carbonyl (C=O) groups excluding carboxylic acids is 2. The predicted octanol–water partition coefficient (Wildman–Crippen LogP) is -1.08.